The number of nitrogens with zero attached hydrogens (tertiary/aromatic N) is 4. The molecule has 2 aromatic carbocycles. The molecule has 4 N–H and O–H groups in total. The molecule has 56 heavy (non-hydrogen) atoms. The molecule has 0 unspecified atom stereocenters. The van der Waals surface area contributed by atoms with E-state index in [0.29, 0.717) is 13.1 Å². The van der Waals surface area contributed by atoms with Crippen molar-refractivity contribution in [2.75, 3.05) is 27.3 Å². The maximum Gasteiger partial charge on any atom is 0.407 e. The number of hydrogen-bond donors (Lipinski definition) is 4. The van der Waals surface area contributed by atoms with E-state index in [4.69, 9.17) is 19.4 Å². The van der Waals surface area contributed by atoms with E-state index in [-0.39, 0.29) is 35.7 Å². The first kappa shape index (κ1) is 40.3. The summed E-state index contributed by atoms with van der Waals surface area (Å²) in [5, 5.41) is 5.43. The van der Waals surface area contributed by atoms with Crippen LogP contribution in [0.3, 0.4) is 0 Å². The lowest BCUT2D eigenvalue weighted by Gasteiger charge is -2.29. The third kappa shape index (κ3) is 8.69. The van der Waals surface area contributed by atoms with E-state index in [1.807, 2.05) is 43.6 Å². The Bertz CT molecular complexity index is 2090. The summed E-state index contributed by atoms with van der Waals surface area (Å²) in [6.07, 6.45) is 7.16. The van der Waals surface area contributed by atoms with Crippen molar-refractivity contribution in [2.45, 2.75) is 104 Å². The fraction of sp³-hybridized carbons (Fsp3) is 0.524. The van der Waals surface area contributed by atoms with Crippen LogP contribution in [0, 0.1) is 11.8 Å². The average Bonchev–Trinajstić information content (AvgIpc) is 4.01. The summed E-state index contributed by atoms with van der Waals surface area (Å²) in [7, 11) is 2.59. The number of methoxy groups -OCH3 is 2. The van der Waals surface area contributed by atoms with Gasteiger partial charge in [0.2, 0.25) is 11.8 Å². The van der Waals surface area contributed by atoms with Gasteiger partial charge in [-0.25, -0.2) is 19.6 Å². The molecule has 14 heteroatoms. The number of carbonyl (C=O) groups is 4. The molecule has 4 heterocycles. The summed E-state index contributed by atoms with van der Waals surface area (Å²) < 4.78 is 9.57. The number of carbonyl (C=O) groups excluding carboxylic acids is 4. The van der Waals surface area contributed by atoms with E-state index in [1.54, 1.807) is 0 Å². The van der Waals surface area contributed by atoms with E-state index in [1.165, 1.54) is 19.8 Å². The number of hydrogen-bond acceptors (Lipinski definition) is 8. The van der Waals surface area contributed by atoms with Crippen molar-refractivity contribution in [2.24, 2.45) is 11.8 Å². The van der Waals surface area contributed by atoms with Crippen LogP contribution in [0.2, 0.25) is 0 Å². The molecule has 2 aliphatic rings. The fourth-order valence-electron chi connectivity index (χ4n) is 7.93. The number of imidazole rings is 2. The van der Waals surface area contributed by atoms with Crippen molar-refractivity contribution < 1.29 is 28.7 Å². The molecule has 0 bridgehead atoms. The summed E-state index contributed by atoms with van der Waals surface area (Å²) in [5.74, 6) is 0.978. The predicted molar refractivity (Wildman–Crippen MR) is 215 cm³/mol. The molecule has 0 spiro atoms. The van der Waals surface area contributed by atoms with Gasteiger partial charge in [0.25, 0.3) is 0 Å². The number of benzene rings is 2. The molecule has 14 nitrogen and oxygen atoms in total. The number of allylic oxidation sites excluding steroid dienone is 1. The van der Waals surface area contributed by atoms with E-state index in [2.05, 4.69) is 63.9 Å². The van der Waals surface area contributed by atoms with Gasteiger partial charge in [-0.15, -0.1) is 0 Å². The highest BCUT2D eigenvalue weighted by Crippen LogP contribution is 2.35. The number of aromatic amines is 2. The first-order valence-corrected chi connectivity index (χ1v) is 19.9. The average molecular weight is 769 g/mol. The number of amides is 4. The van der Waals surface area contributed by atoms with Crippen molar-refractivity contribution in [3.8, 4) is 0 Å². The summed E-state index contributed by atoms with van der Waals surface area (Å²) in [4.78, 5) is 72.1. The van der Waals surface area contributed by atoms with E-state index >= 15 is 0 Å². The van der Waals surface area contributed by atoms with Gasteiger partial charge >= 0.3 is 12.2 Å². The zero-order valence-corrected chi connectivity index (χ0v) is 33.6. The molecule has 2 saturated heterocycles. The number of H-pyrrole nitrogens is 2. The molecule has 2 aromatic heterocycles. The Morgan fingerprint density at radius 1 is 0.786 bits per heavy atom. The highest BCUT2D eigenvalue weighted by molar-refractivity contribution is 5.90. The number of rotatable bonds is 13. The molecule has 0 radical (unpaired) electrons. The molecular formula is C42H56N8O6. The van der Waals surface area contributed by atoms with Crippen LogP contribution in [-0.4, -0.2) is 93.1 Å². The lowest BCUT2D eigenvalue weighted by Crippen LogP contribution is -2.51. The van der Waals surface area contributed by atoms with Crippen molar-refractivity contribution in [1.29, 1.82) is 0 Å². The third-order valence-electron chi connectivity index (χ3n) is 11.0. The summed E-state index contributed by atoms with van der Waals surface area (Å²) in [5.41, 5.74) is 6.73. The number of likely N-dealkylation sites (tertiary alicyclic amines) is 2. The number of nitrogens with one attached hydrogen (secondary N) is 4. The number of unbranched alkanes of at least 4 members (excludes halogenated alkanes) is 1. The molecule has 4 amide bonds. The standard InChI is InChI=1S/C42H56N8O6/c1-8-9-12-27(28-16-18-30-32(23-28)46-38(44-30)34-14-11-20-50(34)40(52)36(25(4)5)48-42(54)56-7)21-26-15-17-29-31(22-26)45-37(43-29)33-13-10-19-49(33)39(51)35(24(2)3)47-41(53)55-6/h15-18,21-25,33-36H,8-14,19-20H2,1-7H3,(H,43,45)(H,44,46)(H,47,53)(H,48,54)/b27-21-/t33-,34-,35-,36-/m0/s1. The quantitative estimate of drug-likeness (QED) is 0.103. The van der Waals surface area contributed by atoms with Crippen molar-refractivity contribution in [3.05, 3.63) is 59.2 Å². The van der Waals surface area contributed by atoms with Crippen LogP contribution in [0.4, 0.5) is 9.59 Å². The summed E-state index contributed by atoms with van der Waals surface area (Å²) in [6, 6.07) is 10.7. The van der Waals surface area contributed by atoms with Crippen LogP contribution in [0.25, 0.3) is 33.7 Å². The highest BCUT2D eigenvalue weighted by atomic mass is 16.5. The van der Waals surface area contributed by atoms with Crippen LogP contribution in [0.1, 0.15) is 114 Å². The molecule has 300 valence electrons. The lowest BCUT2D eigenvalue weighted by atomic mass is 9.97. The van der Waals surface area contributed by atoms with Crippen molar-refractivity contribution in [3.63, 3.8) is 0 Å². The highest BCUT2D eigenvalue weighted by Gasteiger charge is 2.39. The second kappa shape index (κ2) is 17.6. The number of aromatic nitrogens is 4. The van der Waals surface area contributed by atoms with Gasteiger partial charge in [0.15, 0.2) is 0 Å². The van der Waals surface area contributed by atoms with E-state index in [9.17, 15) is 19.2 Å². The van der Waals surface area contributed by atoms with E-state index in [0.717, 1.165) is 89.8 Å². The molecule has 2 fully saturated rings. The van der Waals surface area contributed by atoms with Gasteiger partial charge in [-0.2, -0.15) is 0 Å². The Labute approximate surface area is 328 Å². The molecule has 4 atom stereocenters. The number of fused-ring (bicyclic) bond motifs is 2. The van der Waals surface area contributed by atoms with Gasteiger partial charge in [-0.05, 0) is 91.3 Å². The smallest absolute Gasteiger partial charge is 0.407 e. The third-order valence-corrected chi connectivity index (χ3v) is 11.0. The maximum absolute atomic E-state index is 13.7. The molecule has 0 saturated carbocycles. The molecule has 6 rings (SSSR count). The van der Waals surface area contributed by atoms with Gasteiger partial charge in [0, 0.05) is 13.1 Å². The SMILES string of the molecule is CCCC/C(=C/c1ccc2[nH]c([C@@H]3CCCN3C(=O)[C@@H](NC(=O)OC)C(C)C)nc2c1)c1ccc2[nH]c([C@@H]3CCCN3C(=O)[C@@H](NC(=O)OC)C(C)C)nc2c1. The molecule has 4 aromatic rings. The van der Waals surface area contributed by atoms with Gasteiger partial charge in [0.05, 0.1) is 48.4 Å². The second-order valence-electron chi connectivity index (χ2n) is 15.6. The summed E-state index contributed by atoms with van der Waals surface area (Å²) in [6.45, 7) is 11.0. The van der Waals surface area contributed by atoms with Crippen LogP contribution in [0.15, 0.2) is 36.4 Å². The first-order chi connectivity index (χ1) is 26.9. The molecule has 0 aliphatic carbocycles. The second-order valence-corrected chi connectivity index (χ2v) is 15.6. The summed E-state index contributed by atoms with van der Waals surface area (Å²) >= 11 is 0. The predicted octanol–water partition coefficient (Wildman–Crippen LogP) is 7.26. The van der Waals surface area contributed by atoms with Crippen LogP contribution in [0.5, 0.6) is 0 Å². The largest absolute Gasteiger partial charge is 0.453 e. The Morgan fingerprint density at radius 2 is 1.29 bits per heavy atom. The number of ether oxygens (including phenoxy) is 2. The van der Waals surface area contributed by atoms with Crippen molar-refractivity contribution >= 4 is 57.7 Å². The van der Waals surface area contributed by atoms with Gasteiger partial charge in [-0.3, -0.25) is 9.59 Å². The lowest BCUT2D eigenvalue weighted by molar-refractivity contribution is -0.136. The topological polar surface area (TPSA) is 175 Å². The van der Waals surface area contributed by atoms with Gasteiger partial charge in [0.1, 0.15) is 23.7 Å². The van der Waals surface area contributed by atoms with Gasteiger partial charge in [-0.1, -0.05) is 59.2 Å². The van der Waals surface area contributed by atoms with Crippen molar-refractivity contribution in [1.82, 2.24) is 40.4 Å². The minimum absolute atomic E-state index is 0.111. The normalized spacial score (nSPS) is 18.6. The maximum atomic E-state index is 13.7. The molecular weight excluding hydrogens is 713 g/mol. The fourth-order valence-corrected chi connectivity index (χ4v) is 7.93. The zero-order valence-electron chi connectivity index (χ0n) is 33.6. The van der Waals surface area contributed by atoms with Crippen LogP contribution < -0.4 is 10.6 Å². The van der Waals surface area contributed by atoms with Crippen LogP contribution in [-0.2, 0) is 19.1 Å². The minimum atomic E-state index is -0.696. The molecule has 2 aliphatic heterocycles. The Morgan fingerprint density at radius 3 is 1.77 bits per heavy atom. The first-order valence-electron chi connectivity index (χ1n) is 19.9. The Hall–Kier alpha value is -5.40. The zero-order chi connectivity index (χ0) is 40.1. The Balaban J connectivity index is 1.24. The minimum Gasteiger partial charge on any atom is -0.453 e. The number of alkyl carbamates (subject to hydrolysis) is 2. The monoisotopic (exact) mass is 768 g/mol. The van der Waals surface area contributed by atoms with Gasteiger partial charge < -0.3 is 39.9 Å². The Kier molecular flexibility index (Phi) is 12.7. The van der Waals surface area contributed by atoms with E-state index < -0.39 is 24.3 Å². The van der Waals surface area contributed by atoms with Crippen LogP contribution >= 0.6 is 0 Å².